The lowest BCUT2D eigenvalue weighted by Crippen LogP contribution is -2.25. The Morgan fingerprint density at radius 2 is 1.90 bits per heavy atom. The normalized spacial score (nSPS) is 11.3. The fourth-order valence-corrected chi connectivity index (χ4v) is 1.94. The summed E-state index contributed by atoms with van der Waals surface area (Å²) in [4.78, 5) is 11.9. The van der Waals surface area contributed by atoms with Crippen molar-refractivity contribution in [1.29, 1.82) is 0 Å². The van der Waals surface area contributed by atoms with E-state index >= 15 is 0 Å². The van der Waals surface area contributed by atoms with Gasteiger partial charge in [0, 0.05) is 24.3 Å². The number of unbranched alkanes of at least 4 members (excludes halogenated alkanes) is 2. The van der Waals surface area contributed by atoms with E-state index in [1.807, 2.05) is 6.92 Å². The number of hydrogen-bond acceptors (Lipinski definition) is 2. The molecular weight excluding hydrogens is 281 g/mol. The summed E-state index contributed by atoms with van der Waals surface area (Å²) in [6, 6.07) is 3.60. The van der Waals surface area contributed by atoms with Gasteiger partial charge >= 0.3 is 6.18 Å². The summed E-state index contributed by atoms with van der Waals surface area (Å²) in [6.45, 7) is 4.61. The van der Waals surface area contributed by atoms with E-state index in [4.69, 9.17) is 0 Å². The minimum Gasteiger partial charge on any atom is -0.385 e. The number of rotatable bonds is 7. The molecule has 0 saturated heterocycles. The van der Waals surface area contributed by atoms with E-state index in [-0.39, 0.29) is 11.3 Å². The van der Waals surface area contributed by atoms with Crippen molar-refractivity contribution < 1.29 is 18.0 Å². The van der Waals surface area contributed by atoms with Crippen molar-refractivity contribution in [1.82, 2.24) is 5.32 Å². The first-order valence-corrected chi connectivity index (χ1v) is 7.13. The van der Waals surface area contributed by atoms with Gasteiger partial charge in [-0.1, -0.05) is 19.8 Å². The maximum atomic E-state index is 13.0. The zero-order valence-corrected chi connectivity index (χ0v) is 12.3. The van der Waals surface area contributed by atoms with Crippen LogP contribution in [0.4, 0.5) is 18.9 Å². The fraction of sp³-hybridized carbons (Fsp3) is 0.533. The van der Waals surface area contributed by atoms with Crippen LogP contribution in [0.5, 0.6) is 0 Å². The summed E-state index contributed by atoms with van der Waals surface area (Å²) in [7, 11) is 0. The second-order valence-electron chi connectivity index (χ2n) is 4.75. The molecule has 0 fully saturated rings. The predicted octanol–water partition coefficient (Wildman–Crippen LogP) is 4.06. The topological polar surface area (TPSA) is 41.1 Å². The largest absolute Gasteiger partial charge is 0.418 e. The van der Waals surface area contributed by atoms with Gasteiger partial charge in [-0.2, -0.15) is 13.2 Å². The van der Waals surface area contributed by atoms with Crippen LogP contribution in [0, 0.1) is 0 Å². The number of carbonyl (C=O) groups is 1. The number of amides is 1. The first-order chi connectivity index (χ1) is 9.90. The van der Waals surface area contributed by atoms with Crippen LogP contribution in [0.25, 0.3) is 0 Å². The number of hydrogen-bond donors (Lipinski definition) is 2. The van der Waals surface area contributed by atoms with Gasteiger partial charge in [-0.3, -0.25) is 4.79 Å². The van der Waals surface area contributed by atoms with Crippen LogP contribution < -0.4 is 10.6 Å². The van der Waals surface area contributed by atoms with Gasteiger partial charge in [0.2, 0.25) is 0 Å². The molecule has 1 amide bonds. The molecule has 118 valence electrons. The minimum absolute atomic E-state index is 0.00691. The van der Waals surface area contributed by atoms with Gasteiger partial charge < -0.3 is 10.6 Å². The average Bonchev–Trinajstić information content (AvgIpc) is 2.43. The molecule has 0 bridgehead atoms. The Morgan fingerprint density at radius 3 is 2.48 bits per heavy atom. The lowest BCUT2D eigenvalue weighted by molar-refractivity contribution is -0.137. The summed E-state index contributed by atoms with van der Waals surface area (Å²) < 4.78 is 39.0. The van der Waals surface area contributed by atoms with Crippen LogP contribution in [0.2, 0.25) is 0 Å². The Labute approximate surface area is 122 Å². The van der Waals surface area contributed by atoms with Gasteiger partial charge in [-0.25, -0.2) is 0 Å². The maximum Gasteiger partial charge on any atom is 0.418 e. The molecule has 0 radical (unpaired) electrons. The Morgan fingerprint density at radius 1 is 1.19 bits per heavy atom. The number of alkyl halides is 3. The number of nitrogens with one attached hydrogen (secondary N) is 2. The average molecular weight is 302 g/mol. The fourth-order valence-electron chi connectivity index (χ4n) is 1.94. The molecule has 21 heavy (non-hydrogen) atoms. The van der Waals surface area contributed by atoms with E-state index in [2.05, 4.69) is 10.6 Å². The Kier molecular flexibility index (Phi) is 6.52. The summed E-state index contributed by atoms with van der Waals surface area (Å²) in [5.41, 5.74) is -0.793. The van der Waals surface area contributed by atoms with Crippen molar-refractivity contribution in [3.8, 4) is 0 Å². The molecular formula is C15H21F3N2O. The first kappa shape index (κ1) is 17.3. The molecule has 6 heteroatoms. The molecule has 1 rings (SSSR count). The predicted molar refractivity (Wildman–Crippen MR) is 77.5 cm³/mol. The van der Waals surface area contributed by atoms with Crippen molar-refractivity contribution in [2.75, 3.05) is 18.4 Å². The second-order valence-corrected chi connectivity index (χ2v) is 4.75. The molecule has 0 aliphatic heterocycles. The third-order valence-corrected chi connectivity index (χ3v) is 3.02. The second kappa shape index (κ2) is 7.90. The molecule has 0 heterocycles. The highest BCUT2D eigenvalue weighted by molar-refractivity contribution is 5.95. The van der Waals surface area contributed by atoms with Gasteiger partial charge in [0.15, 0.2) is 0 Å². The molecule has 0 aliphatic rings. The van der Waals surface area contributed by atoms with Gasteiger partial charge in [0.05, 0.1) is 5.56 Å². The van der Waals surface area contributed by atoms with Crippen LogP contribution in [-0.2, 0) is 6.18 Å². The molecule has 0 spiro atoms. The molecule has 0 unspecified atom stereocenters. The zero-order chi connectivity index (χ0) is 15.9. The number of anilines is 1. The maximum absolute atomic E-state index is 13.0. The molecule has 0 saturated carbocycles. The summed E-state index contributed by atoms with van der Waals surface area (Å²) in [6.07, 6.45) is -1.67. The number of benzene rings is 1. The first-order valence-electron chi connectivity index (χ1n) is 7.13. The molecule has 3 nitrogen and oxygen atoms in total. The smallest absolute Gasteiger partial charge is 0.385 e. The van der Waals surface area contributed by atoms with E-state index in [0.29, 0.717) is 13.1 Å². The van der Waals surface area contributed by atoms with Crippen molar-refractivity contribution in [3.05, 3.63) is 29.3 Å². The van der Waals surface area contributed by atoms with E-state index in [1.165, 1.54) is 12.1 Å². The lowest BCUT2D eigenvalue weighted by Gasteiger charge is -2.15. The molecule has 0 aliphatic carbocycles. The Balaban J connectivity index is 2.87. The molecule has 1 aromatic carbocycles. The Bertz CT molecular complexity index is 472. The van der Waals surface area contributed by atoms with E-state index in [0.717, 1.165) is 25.3 Å². The zero-order valence-electron chi connectivity index (χ0n) is 12.3. The van der Waals surface area contributed by atoms with Crippen molar-refractivity contribution in [2.45, 2.75) is 39.3 Å². The van der Waals surface area contributed by atoms with Crippen LogP contribution >= 0.6 is 0 Å². The van der Waals surface area contributed by atoms with Crippen LogP contribution in [0.3, 0.4) is 0 Å². The monoisotopic (exact) mass is 302 g/mol. The van der Waals surface area contributed by atoms with Gasteiger partial charge in [0.25, 0.3) is 5.91 Å². The van der Waals surface area contributed by atoms with Crippen LogP contribution in [0.1, 0.15) is 49.0 Å². The molecule has 2 N–H and O–H groups in total. The van der Waals surface area contributed by atoms with E-state index in [1.54, 1.807) is 6.92 Å². The Hall–Kier alpha value is -1.72. The third kappa shape index (κ3) is 5.28. The van der Waals surface area contributed by atoms with Crippen molar-refractivity contribution in [2.24, 2.45) is 0 Å². The van der Waals surface area contributed by atoms with Gasteiger partial charge in [0.1, 0.15) is 0 Å². The van der Waals surface area contributed by atoms with Crippen molar-refractivity contribution >= 4 is 11.6 Å². The molecule has 1 aromatic rings. The number of carbonyl (C=O) groups excluding carboxylic acids is 1. The van der Waals surface area contributed by atoms with Crippen LogP contribution in [0.15, 0.2) is 18.2 Å². The van der Waals surface area contributed by atoms with Gasteiger partial charge in [-0.05, 0) is 31.5 Å². The van der Waals surface area contributed by atoms with Crippen molar-refractivity contribution in [3.63, 3.8) is 0 Å². The van der Waals surface area contributed by atoms with Gasteiger partial charge in [-0.15, -0.1) is 0 Å². The highest BCUT2D eigenvalue weighted by Crippen LogP contribution is 2.35. The highest BCUT2D eigenvalue weighted by Gasteiger charge is 2.34. The number of halogens is 3. The SMILES string of the molecule is CCCCCNC(=O)c1ccc(NCC)c(C(F)(F)F)c1. The minimum atomic E-state index is -4.49. The standard InChI is InChI=1S/C15H21F3N2O/c1-3-5-6-9-20-14(21)11-7-8-13(19-4-2)12(10-11)15(16,17)18/h7-8,10,19H,3-6,9H2,1-2H3,(H,20,21). The summed E-state index contributed by atoms with van der Waals surface area (Å²) in [5, 5.41) is 5.29. The lowest BCUT2D eigenvalue weighted by atomic mass is 10.1. The molecule has 0 aromatic heterocycles. The van der Waals surface area contributed by atoms with E-state index in [9.17, 15) is 18.0 Å². The van der Waals surface area contributed by atoms with Crippen LogP contribution in [-0.4, -0.2) is 19.0 Å². The summed E-state index contributed by atoms with van der Waals surface area (Å²) in [5.74, 6) is -0.473. The third-order valence-electron chi connectivity index (χ3n) is 3.02. The highest BCUT2D eigenvalue weighted by atomic mass is 19.4. The molecule has 0 atom stereocenters. The van der Waals surface area contributed by atoms with E-state index < -0.39 is 17.6 Å². The quantitative estimate of drug-likeness (QED) is 0.746. The summed E-state index contributed by atoms with van der Waals surface area (Å²) >= 11 is 0.